The molecule has 3 aromatic carbocycles. The standard InChI is InChI=1S/C25H24ClN3O4/c1-32-21-12-10-20(11-13-21)29-15-18(14-24(29)30)25(31)28-27-22-4-2-3-5-23(22)33-16-17-6-8-19(26)9-7-17/h2-13,18,27H,14-16H2,1H3,(H,28,31)/t18-/m0/s1. The highest BCUT2D eigenvalue weighted by atomic mass is 35.5. The van der Waals surface area contributed by atoms with Gasteiger partial charge in [-0.05, 0) is 54.1 Å². The zero-order valence-electron chi connectivity index (χ0n) is 18.1. The normalized spacial score (nSPS) is 15.3. The summed E-state index contributed by atoms with van der Waals surface area (Å²) >= 11 is 5.92. The summed E-state index contributed by atoms with van der Waals surface area (Å²) in [6, 6.07) is 21.9. The van der Waals surface area contributed by atoms with Gasteiger partial charge < -0.3 is 14.4 Å². The van der Waals surface area contributed by atoms with Gasteiger partial charge in [0, 0.05) is 23.7 Å². The largest absolute Gasteiger partial charge is 0.497 e. The molecule has 2 amide bonds. The first kappa shape index (κ1) is 22.5. The Morgan fingerprint density at radius 3 is 2.52 bits per heavy atom. The monoisotopic (exact) mass is 465 g/mol. The van der Waals surface area contributed by atoms with Crippen molar-refractivity contribution in [2.75, 3.05) is 24.0 Å². The lowest BCUT2D eigenvalue weighted by molar-refractivity contribution is -0.125. The number of nitrogens with one attached hydrogen (secondary N) is 2. The molecular formula is C25H24ClN3O4. The number of hydrazine groups is 1. The molecule has 0 radical (unpaired) electrons. The van der Waals surface area contributed by atoms with Gasteiger partial charge in [-0.2, -0.15) is 0 Å². The number of nitrogens with zero attached hydrogens (tertiary/aromatic N) is 1. The summed E-state index contributed by atoms with van der Waals surface area (Å²) in [7, 11) is 1.59. The maximum absolute atomic E-state index is 12.7. The van der Waals surface area contributed by atoms with E-state index >= 15 is 0 Å². The van der Waals surface area contributed by atoms with Gasteiger partial charge in [0.1, 0.15) is 18.1 Å². The number of rotatable bonds is 8. The molecule has 170 valence electrons. The van der Waals surface area contributed by atoms with Gasteiger partial charge in [0.25, 0.3) is 0 Å². The lowest BCUT2D eigenvalue weighted by Crippen LogP contribution is -2.36. The number of halogens is 1. The first-order valence-corrected chi connectivity index (χ1v) is 10.9. The molecule has 1 aliphatic rings. The Morgan fingerprint density at radius 2 is 1.79 bits per heavy atom. The fourth-order valence-electron chi connectivity index (χ4n) is 3.56. The van der Waals surface area contributed by atoms with E-state index in [2.05, 4.69) is 10.9 Å². The molecule has 0 aliphatic carbocycles. The number of amides is 2. The van der Waals surface area contributed by atoms with Crippen LogP contribution in [0.2, 0.25) is 5.02 Å². The van der Waals surface area contributed by atoms with Crippen LogP contribution in [0, 0.1) is 5.92 Å². The van der Waals surface area contributed by atoms with Crippen LogP contribution in [0.15, 0.2) is 72.8 Å². The van der Waals surface area contributed by atoms with Crippen molar-refractivity contribution >= 4 is 34.8 Å². The molecule has 1 atom stereocenters. The maximum Gasteiger partial charge on any atom is 0.243 e. The van der Waals surface area contributed by atoms with Crippen LogP contribution in [0.5, 0.6) is 11.5 Å². The molecule has 1 aliphatic heterocycles. The molecule has 8 heteroatoms. The van der Waals surface area contributed by atoms with Crippen LogP contribution in [0.1, 0.15) is 12.0 Å². The van der Waals surface area contributed by atoms with E-state index in [-0.39, 0.29) is 18.2 Å². The van der Waals surface area contributed by atoms with Crippen molar-refractivity contribution in [2.45, 2.75) is 13.0 Å². The zero-order chi connectivity index (χ0) is 23.2. The molecule has 2 N–H and O–H groups in total. The van der Waals surface area contributed by atoms with Crippen LogP contribution in [-0.4, -0.2) is 25.5 Å². The number of hydrogen-bond acceptors (Lipinski definition) is 5. The van der Waals surface area contributed by atoms with Crippen molar-refractivity contribution in [1.29, 1.82) is 0 Å². The summed E-state index contributed by atoms with van der Waals surface area (Å²) in [6.07, 6.45) is 0.147. The van der Waals surface area contributed by atoms with Crippen molar-refractivity contribution in [3.63, 3.8) is 0 Å². The molecule has 33 heavy (non-hydrogen) atoms. The number of anilines is 2. The second-order valence-corrected chi connectivity index (χ2v) is 8.07. The van der Waals surface area contributed by atoms with Gasteiger partial charge in [0.2, 0.25) is 11.8 Å². The quantitative estimate of drug-likeness (QED) is 0.481. The molecule has 0 spiro atoms. The van der Waals surface area contributed by atoms with Crippen molar-refractivity contribution in [3.05, 3.63) is 83.4 Å². The highest BCUT2D eigenvalue weighted by Gasteiger charge is 2.35. The van der Waals surface area contributed by atoms with Crippen molar-refractivity contribution < 1.29 is 19.1 Å². The maximum atomic E-state index is 12.7. The number of ether oxygens (including phenoxy) is 2. The summed E-state index contributed by atoms with van der Waals surface area (Å²) < 4.78 is 11.1. The highest BCUT2D eigenvalue weighted by molar-refractivity contribution is 6.30. The van der Waals surface area contributed by atoms with Gasteiger partial charge in [-0.3, -0.25) is 20.4 Å². The predicted molar refractivity (Wildman–Crippen MR) is 127 cm³/mol. The van der Waals surface area contributed by atoms with Crippen LogP contribution >= 0.6 is 11.6 Å². The third-order valence-corrected chi connectivity index (χ3v) is 5.65. The molecule has 7 nitrogen and oxygen atoms in total. The number of hydrogen-bond donors (Lipinski definition) is 2. The lowest BCUT2D eigenvalue weighted by Gasteiger charge is -2.18. The predicted octanol–water partition coefficient (Wildman–Crippen LogP) is 4.42. The summed E-state index contributed by atoms with van der Waals surface area (Å²) in [5.41, 5.74) is 7.98. The van der Waals surface area contributed by atoms with E-state index in [1.54, 1.807) is 30.2 Å². The van der Waals surface area contributed by atoms with Crippen molar-refractivity contribution in [1.82, 2.24) is 5.43 Å². The fraction of sp³-hybridized carbons (Fsp3) is 0.200. The van der Waals surface area contributed by atoms with Gasteiger partial charge in [0.15, 0.2) is 0 Å². The number of methoxy groups -OCH3 is 1. The fourth-order valence-corrected chi connectivity index (χ4v) is 3.69. The SMILES string of the molecule is COc1ccc(N2C[C@@H](C(=O)NNc3ccccc3OCc3ccc(Cl)cc3)CC2=O)cc1. The Hall–Kier alpha value is -3.71. The van der Waals surface area contributed by atoms with Gasteiger partial charge >= 0.3 is 0 Å². The second kappa shape index (κ2) is 10.3. The Labute approximate surface area is 197 Å². The minimum atomic E-state index is -0.464. The Bertz CT molecular complexity index is 1120. The second-order valence-electron chi connectivity index (χ2n) is 7.63. The molecule has 0 aromatic heterocycles. The molecule has 0 unspecified atom stereocenters. The minimum absolute atomic E-state index is 0.0907. The molecule has 0 saturated carbocycles. The molecule has 1 heterocycles. The molecular weight excluding hydrogens is 442 g/mol. The summed E-state index contributed by atoms with van der Waals surface area (Å²) in [5.74, 6) is 0.490. The third-order valence-electron chi connectivity index (χ3n) is 5.39. The van der Waals surface area contributed by atoms with E-state index in [4.69, 9.17) is 21.1 Å². The third kappa shape index (κ3) is 5.56. The van der Waals surface area contributed by atoms with E-state index in [1.807, 2.05) is 54.6 Å². The van der Waals surface area contributed by atoms with Gasteiger partial charge in [-0.25, -0.2) is 0 Å². The van der Waals surface area contributed by atoms with E-state index in [9.17, 15) is 9.59 Å². The van der Waals surface area contributed by atoms with E-state index < -0.39 is 5.92 Å². The number of carbonyl (C=O) groups is 2. The first-order chi connectivity index (χ1) is 16.0. The highest BCUT2D eigenvalue weighted by Crippen LogP contribution is 2.28. The summed E-state index contributed by atoms with van der Waals surface area (Å²) in [4.78, 5) is 26.8. The average Bonchev–Trinajstić information content (AvgIpc) is 3.24. The molecule has 3 aromatic rings. The van der Waals surface area contributed by atoms with Gasteiger partial charge in [0.05, 0.1) is 18.7 Å². The van der Waals surface area contributed by atoms with Crippen molar-refractivity contribution in [2.24, 2.45) is 5.92 Å². The number of para-hydroxylation sites is 2. The Balaban J connectivity index is 1.34. The lowest BCUT2D eigenvalue weighted by atomic mass is 10.1. The van der Waals surface area contributed by atoms with Crippen molar-refractivity contribution in [3.8, 4) is 11.5 Å². The Kier molecular flexibility index (Phi) is 7.00. The van der Waals surface area contributed by atoms with Gasteiger partial charge in [-0.15, -0.1) is 0 Å². The topological polar surface area (TPSA) is 79.9 Å². The molecule has 1 saturated heterocycles. The van der Waals surface area contributed by atoms with Crippen LogP contribution < -0.4 is 25.2 Å². The average molecular weight is 466 g/mol. The minimum Gasteiger partial charge on any atom is -0.497 e. The summed E-state index contributed by atoms with van der Waals surface area (Å²) in [5, 5.41) is 0.666. The number of benzene rings is 3. The molecule has 0 bridgehead atoms. The van der Waals surface area contributed by atoms with E-state index in [0.717, 1.165) is 11.3 Å². The van der Waals surface area contributed by atoms with Crippen LogP contribution in [0.3, 0.4) is 0 Å². The molecule has 1 fully saturated rings. The Morgan fingerprint density at radius 1 is 1.06 bits per heavy atom. The zero-order valence-corrected chi connectivity index (χ0v) is 18.8. The smallest absolute Gasteiger partial charge is 0.243 e. The van der Waals surface area contributed by atoms with E-state index in [0.29, 0.717) is 35.4 Å². The van der Waals surface area contributed by atoms with Crippen LogP contribution in [0.4, 0.5) is 11.4 Å². The van der Waals surface area contributed by atoms with E-state index in [1.165, 1.54) is 0 Å². The number of carbonyl (C=O) groups excluding carboxylic acids is 2. The molecule has 4 rings (SSSR count). The van der Waals surface area contributed by atoms with Crippen LogP contribution in [0.25, 0.3) is 0 Å². The van der Waals surface area contributed by atoms with Gasteiger partial charge in [-0.1, -0.05) is 35.9 Å². The summed E-state index contributed by atoms with van der Waals surface area (Å²) in [6.45, 7) is 0.672. The van der Waals surface area contributed by atoms with Crippen LogP contribution in [-0.2, 0) is 16.2 Å². The first-order valence-electron chi connectivity index (χ1n) is 10.5.